The van der Waals surface area contributed by atoms with E-state index in [0.717, 1.165) is 16.9 Å². The average Bonchev–Trinajstić information content (AvgIpc) is 3.46. The summed E-state index contributed by atoms with van der Waals surface area (Å²) in [7, 11) is 0. The summed E-state index contributed by atoms with van der Waals surface area (Å²) in [5.41, 5.74) is 6.72. The number of nitrogens with two attached hydrogens (primary N) is 1. The van der Waals surface area contributed by atoms with Crippen LogP contribution in [0.4, 0.5) is 5.13 Å². The zero-order chi connectivity index (χ0) is 24.0. The number of fused-ring (bicyclic) bond motifs is 2. The highest BCUT2D eigenvalue weighted by molar-refractivity contribution is 8.00. The summed E-state index contributed by atoms with van der Waals surface area (Å²) in [4.78, 5) is 42.7. The van der Waals surface area contributed by atoms with Crippen LogP contribution in [0.1, 0.15) is 5.69 Å². The van der Waals surface area contributed by atoms with Gasteiger partial charge in [0.2, 0.25) is 0 Å². The standard InChI is InChI=1S/C20H17N7O5S2/c21-20-22-12(9-34-20)13(24-32)16(28)23-14-17(29)27-15(19(30)31)10(8-33-18(14)27)6-25-4-5-26-3-1-2-11(26)7-25/h1-5,7,9,14,18H,6,8H2,(H4-,21,22,23,28,30,31,32)/p+1/t14-,18-/m1/s1. The van der Waals surface area contributed by atoms with Gasteiger partial charge in [-0.1, -0.05) is 5.16 Å². The number of nitrogen functional groups attached to an aromatic ring is 1. The molecule has 0 aromatic carbocycles. The molecule has 12 nitrogen and oxygen atoms in total. The molecular weight excluding hydrogens is 482 g/mol. The number of aromatic nitrogens is 3. The molecule has 2 atom stereocenters. The number of nitrogens with one attached hydrogen (secondary N) is 1. The van der Waals surface area contributed by atoms with Crippen LogP contribution in [0.15, 0.2) is 58.7 Å². The van der Waals surface area contributed by atoms with E-state index in [0.29, 0.717) is 17.9 Å². The van der Waals surface area contributed by atoms with E-state index in [1.165, 1.54) is 22.0 Å². The van der Waals surface area contributed by atoms with Crippen LogP contribution in [0.3, 0.4) is 0 Å². The number of oxime groups is 1. The molecule has 0 unspecified atom stereocenters. The van der Waals surface area contributed by atoms with Crippen LogP contribution in [-0.4, -0.2) is 65.3 Å². The fourth-order valence-corrected chi connectivity index (χ4v) is 5.85. The number of anilines is 1. The Morgan fingerprint density at radius 3 is 2.91 bits per heavy atom. The molecule has 0 radical (unpaired) electrons. The number of hydrogen-bond donors (Lipinski definition) is 4. The summed E-state index contributed by atoms with van der Waals surface area (Å²) in [6, 6.07) is 2.88. The number of carboxylic acid groups (broad SMARTS) is 1. The molecule has 174 valence electrons. The van der Waals surface area contributed by atoms with Gasteiger partial charge in [-0.25, -0.2) is 9.78 Å². The van der Waals surface area contributed by atoms with Crippen molar-refractivity contribution in [3.05, 3.63) is 59.3 Å². The minimum Gasteiger partial charge on any atom is -0.477 e. The largest absolute Gasteiger partial charge is 0.477 e. The summed E-state index contributed by atoms with van der Waals surface area (Å²) < 4.78 is 3.80. The summed E-state index contributed by atoms with van der Waals surface area (Å²) >= 11 is 2.42. The zero-order valence-corrected chi connectivity index (χ0v) is 19.0. The van der Waals surface area contributed by atoms with Crippen molar-refractivity contribution >= 4 is 57.2 Å². The highest BCUT2D eigenvalue weighted by Crippen LogP contribution is 2.40. The first-order valence-electron chi connectivity index (χ1n) is 9.97. The molecule has 0 bridgehead atoms. The summed E-state index contributed by atoms with van der Waals surface area (Å²) in [6.07, 6.45) is 7.50. The third kappa shape index (κ3) is 3.66. The van der Waals surface area contributed by atoms with Gasteiger partial charge in [-0.3, -0.25) is 14.5 Å². The van der Waals surface area contributed by atoms with E-state index in [9.17, 15) is 24.7 Å². The fraction of sp³-hybridized carbons (Fsp3) is 0.200. The third-order valence-corrected chi connectivity index (χ3v) is 7.53. The van der Waals surface area contributed by atoms with Gasteiger partial charge < -0.3 is 25.8 Å². The molecule has 14 heteroatoms. The molecule has 5 heterocycles. The van der Waals surface area contributed by atoms with Crippen molar-refractivity contribution in [2.75, 3.05) is 11.5 Å². The lowest BCUT2D eigenvalue weighted by atomic mass is 10.0. The second kappa shape index (κ2) is 8.46. The highest BCUT2D eigenvalue weighted by Gasteiger charge is 2.54. The Kier molecular flexibility index (Phi) is 5.45. The minimum absolute atomic E-state index is 0.0767. The van der Waals surface area contributed by atoms with Crippen molar-refractivity contribution in [1.82, 2.24) is 19.6 Å². The van der Waals surface area contributed by atoms with Gasteiger partial charge in [0.15, 0.2) is 29.8 Å². The summed E-state index contributed by atoms with van der Waals surface area (Å²) in [5.74, 6) is -2.21. The molecule has 5 rings (SSSR count). The first-order chi connectivity index (χ1) is 16.4. The molecule has 0 spiro atoms. The van der Waals surface area contributed by atoms with Crippen LogP contribution in [0.5, 0.6) is 0 Å². The van der Waals surface area contributed by atoms with Crippen LogP contribution in [0.25, 0.3) is 5.52 Å². The Balaban J connectivity index is 1.35. The lowest BCUT2D eigenvalue weighted by molar-refractivity contribution is -0.688. The molecule has 0 aliphatic carbocycles. The topological polar surface area (TPSA) is 166 Å². The van der Waals surface area contributed by atoms with Crippen molar-refractivity contribution in [1.29, 1.82) is 0 Å². The number of aliphatic carboxylic acids is 1. The first kappa shape index (κ1) is 21.9. The van der Waals surface area contributed by atoms with Crippen molar-refractivity contribution in [2.45, 2.75) is 18.0 Å². The van der Waals surface area contributed by atoms with Gasteiger partial charge in [0.05, 0.1) is 6.20 Å². The Morgan fingerprint density at radius 2 is 2.21 bits per heavy atom. The lowest BCUT2D eigenvalue weighted by Crippen LogP contribution is -2.71. The smallest absolute Gasteiger partial charge is 0.352 e. The molecule has 3 aromatic heterocycles. The number of carbonyl (C=O) groups excluding carboxylic acids is 2. The lowest BCUT2D eigenvalue weighted by Gasteiger charge is -2.49. The highest BCUT2D eigenvalue weighted by atomic mass is 32.2. The third-order valence-electron chi connectivity index (χ3n) is 5.52. The predicted octanol–water partition coefficient (Wildman–Crippen LogP) is -0.117. The predicted molar refractivity (Wildman–Crippen MR) is 122 cm³/mol. The number of amides is 2. The van der Waals surface area contributed by atoms with Gasteiger partial charge in [0, 0.05) is 22.9 Å². The monoisotopic (exact) mass is 500 g/mol. The molecule has 5 N–H and O–H groups in total. The molecule has 3 aromatic rings. The molecular formula is C20H18N7O5S2+. The molecule has 2 aliphatic rings. The fourth-order valence-electron chi connectivity index (χ4n) is 3.96. The zero-order valence-electron chi connectivity index (χ0n) is 17.4. The summed E-state index contributed by atoms with van der Waals surface area (Å²) in [5, 5.41) is 25.7. The second-order valence-corrected chi connectivity index (χ2v) is 9.57. The van der Waals surface area contributed by atoms with Crippen LogP contribution in [-0.2, 0) is 20.9 Å². The Bertz CT molecular complexity index is 1390. The van der Waals surface area contributed by atoms with Gasteiger partial charge in [0.25, 0.3) is 11.8 Å². The van der Waals surface area contributed by atoms with Gasteiger partial charge in [-0.05, 0) is 12.1 Å². The van der Waals surface area contributed by atoms with E-state index >= 15 is 0 Å². The van der Waals surface area contributed by atoms with Gasteiger partial charge >= 0.3 is 5.97 Å². The normalized spacial score (nSPS) is 20.3. The number of carbonyl (C=O) groups is 3. The molecule has 0 saturated carbocycles. The first-order valence-corrected chi connectivity index (χ1v) is 11.9. The molecule has 1 fully saturated rings. The van der Waals surface area contributed by atoms with E-state index in [1.54, 1.807) is 0 Å². The van der Waals surface area contributed by atoms with E-state index in [-0.39, 0.29) is 22.2 Å². The maximum absolute atomic E-state index is 12.9. The Morgan fingerprint density at radius 1 is 1.38 bits per heavy atom. The number of thiazole rings is 1. The van der Waals surface area contributed by atoms with E-state index in [4.69, 9.17) is 5.73 Å². The van der Waals surface area contributed by atoms with Crippen molar-refractivity contribution in [3.8, 4) is 0 Å². The summed E-state index contributed by atoms with van der Waals surface area (Å²) in [6.45, 7) is 0.302. The number of nitrogens with zero attached hydrogens (tertiary/aromatic N) is 5. The van der Waals surface area contributed by atoms with E-state index < -0.39 is 29.2 Å². The van der Waals surface area contributed by atoms with Crippen molar-refractivity contribution < 1.29 is 29.3 Å². The molecule has 2 aliphatic heterocycles. The number of rotatable bonds is 6. The molecule has 34 heavy (non-hydrogen) atoms. The van der Waals surface area contributed by atoms with E-state index in [1.807, 2.05) is 45.9 Å². The Hall–Kier alpha value is -3.91. The van der Waals surface area contributed by atoms with Crippen LogP contribution >= 0.6 is 23.1 Å². The molecule has 2 amide bonds. The maximum atomic E-state index is 12.9. The van der Waals surface area contributed by atoms with Crippen LogP contribution < -0.4 is 15.6 Å². The van der Waals surface area contributed by atoms with Gasteiger partial charge in [-0.15, -0.1) is 23.1 Å². The second-order valence-electron chi connectivity index (χ2n) is 7.58. The SMILES string of the molecule is Nc1nc(/C(=N/O)C(=O)N[C@@H]2C(=O)N3C(C(=O)O)=C(C[n+]4ccn5cccc5c4)CS[C@H]23)cs1. The maximum Gasteiger partial charge on any atom is 0.352 e. The number of hydrogen-bond acceptors (Lipinski definition) is 9. The van der Waals surface area contributed by atoms with Gasteiger partial charge in [-0.2, -0.15) is 4.57 Å². The van der Waals surface area contributed by atoms with Crippen molar-refractivity contribution in [3.63, 3.8) is 0 Å². The number of carboxylic acids is 1. The van der Waals surface area contributed by atoms with Gasteiger partial charge in [0.1, 0.15) is 28.3 Å². The quantitative estimate of drug-likeness (QED) is 0.120. The molecule has 1 saturated heterocycles. The Labute approximate surface area is 200 Å². The average molecular weight is 501 g/mol. The van der Waals surface area contributed by atoms with Crippen LogP contribution in [0.2, 0.25) is 0 Å². The van der Waals surface area contributed by atoms with Crippen molar-refractivity contribution in [2.24, 2.45) is 5.16 Å². The number of thioether (sulfide) groups is 1. The van der Waals surface area contributed by atoms with Crippen LogP contribution in [0, 0.1) is 0 Å². The van der Waals surface area contributed by atoms with E-state index in [2.05, 4.69) is 15.5 Å². The number of β-lactam (4-membered cyclic amide) rings is 1. The minimum atomic E-state index is -1.21.